The van der Waals surface area contributed by atoms with Crippen molar-refractivity contribution in [1.29, 1.82) is 0 Å². The maximum Gasteiger partial charge on any atom is 0.111 e. The van der Waals surface area contributed by atoms with Gasteiger partial charge in [0.15, 0.2) is 0 Å². The van der Waals surface area contributed by atoms with E-state index >= 15 is 0 Å². The van der Waals surface area contributed by atoms with Crippen LogP contribution in [0.25, 0.3) is 11.3 Å². The molecule has 1 unspecified atom stereocenters. The molecule has 2 aromatic rings. The van der Waals surface area contributed by atoms with Crippen LogP contribution in [-0.4, -0.2) is 11.5 Å². The average Bonchev–Trinajstić information content (AvgIpc) is 2.90. The number of benzene rings is 1. The predicted molar refractivity (Wildman–Crippen MR) is 86.3 cm³/mol. The Labute approximate surface area is 125 Å². The first-order valence-electron chi connectivity index (χ1n) is 7.58. The molecule has 20 heavy (non-hydrogen) atoms. The molecule has 1 aliphatic rings. The second-order valence-corrected chi connectivity index (χ2v) is 6.74. The smallest absolute Gasteiger partial charge is 0.111 e. The van der Waals surface area contributed by atoms with Gasteiger partial charge in [0.05, 0.1) is 11.7 Å². The molecule has 1 aromatic carbocycles. The van der Waals surface area contributed by atoms with Gasteiger partial charge in [0, 0.05) is 10.4 Å². The minimum absolute atomic E-state index is 0.469. The van der Waals surface area contributed by atoms with Gasteiger partial charge < -0.3 is 5.32 Å². The van der Waals surface area contributed by atoms with Crippen LogP contribution in [-0.2, 0) is 6.42 Å². The van der Waals surface area contributed by atoms with Crippen molar-refractivity contribution in [2.24, 2.45) is 0 Å². The second kappa shape index (κ2) is 6.06. The fourth-order valence-corrected chi connectivity index (χ4v) is 3.85. The Kier molecular flexibility index (Phi) is 4.18. The number of hydrogen-bond donors (Lipinski definition) is 1. The van der Waals surface area contributed by atoms with E-state index in [9.17, 15) is 0 Å². The molecule has 1 saturated heterocycles. The van der Waals surface area contributed by atoms with Gasteiger partial charge >= 0.3 is 0 Å². The van der Waals surface area contributed by atoms with Crippen LogP contribution in [0, 0.1) is 6.92 Å². The molecule has 3 rings (SSSR count). The van der Waals surface area contributed by atoms with Crippen molar-refractivity contribution >= 4 is 11.3 Å². The van der Waals surface area contributed by atoms with Crippen molar-refractivity contribution < 1.29 is 0 Å². The maximum absolute atomic E-state index is 4.92. The van der Waals surface area contributed by atoms with Crippen molar-refractivity contribution in [3.8, 4) is 11.3 Å². The molecule has 1 N–H and O–H groups in total. The maximum atomic E-state index is 4.92. The lowest BCUT2D eigenvalue weighted by atomic mass is 10.1. The minimum atomic E-state index is 0.469. The summed E-state index contributed by atoms with van der Waals surface area (Å²) in [5.74, 6) is 0. The number of hydrogen-bond acceptors (Lipinski definition) is 3. The Balaban J connectivity index is 1.87. The molecule has 0 amide bonds. The zero-order valence-corrected chi connectivity index (χ0v) is 13.1. The van der Waals surface area contributed by atoms with Gasteiger partial charge in [0.25, 0.3) is 0 Å². The molecule has 2 nitrogen and oxygen atoms in total. The summed E-state index contributed by atoms with van der Waals surface area (Å²) < 4.78 is 0. The van der Waals surface area contributed by atoms with E-state index in [1.165, 1.54) is 46.0 Å². The SMILES string of the molecule is CCc1ccc(-c2nc(C3CCCCN3)sc2C)cc1. The van der Waals surface area contributed by atoms with Crippen molar-refractivity contribution in [2.45, 2.75) is 45.6 Å². The summed E-state index contributed by atoms with van der Waals surface area (Å²) in [5.41, 5.74) is 3.80. The largest absolute Gasteiger partial charge is 0.308 e. The van der Waals surface area contributed by atoms with Gasteiger partial charge in [-0.3, -0.25) is 0 Å². The zero-order chi connectivity index (χ0) is 13.9. The summed E-state index contributed by atoms with van der Waals surface area (Å²) in [6.45, 7) is 5.51. The third-order valence-corrected chi connectivity index (χ3v) is 5.14. The van der Waals surface area contributed by atoms with Gasteiger partial charge in [0.1, 0.15) is 5.01 Å². The van der Waals surface area contributed by atoms with Crippen LogP contribution in [0.1, 0.15) is 47.7 Å². The Morgan fingerprint density at radius 3 is 2.70 bits per heavy atom. The molecule has 0 radical (unpaired) electrons. The Hall–Kier alpha value is -1.19. The van der Waals surface area contributed by atoms with Crippen molar-refractivity contribution in [1.82, 2.24) is 10.3 Å². The van der Waals surface area contributed by atoms with Crippen LogP contribution < -0.4 is 5.32 Å². The fourth-order valence-electron chi connectivity index (χ4n) is 2.79. The molecular weight excluding hydrogens is 264 g/mol. The molecule has 1 aliphatic heterocycles. The van der Waals surface area contributed by atoms with E-state index in [1.54, 1.807) is 0 Å². The summed E-state index contributed by atoms with van der Waals surface area (Å²) in [4.78, 5) is 6.25. The highest BCUT2D eigenvalue weighted by Gasteiger charge is 2.20. The van der Waals surface area contributed by atoms with Crippen LogP contribution in [0.4, 0.5) is 0 Å². The highest BCUT2D eigenvalue weighted by atomic mass is 32.1. The van der Waals surface area contributed by atoms with Gasteiger partial charge in [-0.25, -0.2) is 4.98 Å². The van der Waals surface area contributed by atoms with Crippen LogP contribution in [0.5, 0.6) is 0 Å². The Bertz CT molecular complexity index is 565. The quantitative estimate of drug-likeness (QED) is 0.899. The summed E-state index contributed by atoms with van der Waals surface area (Å²) in [7, 11) is 0. The van der Waals surface area contributed by atoms with Gasteiger partial charge in [0.2, 0.25) is 0 Å². The molecule has 0 aliphatic carbocycles. The van der Waals surface area contributed by atoms with E-state index in [4.69, 9.17) is 4.98 Å². The summed E-state index contributed by atoms with van der Waals surface area (Å²) in [6.07, 6.45) is 4.93. The van der Waals surface area contributed by atoms with E-state index in [2.05, 4.69) is 43.4 Å². The van der Waals surface area contributed by atoms with E-state index in [0.29, 0.717) is 6.04 Å². The van der Waals surface area contributed by atoms with Gasteiger partial charge in [-0.2, -0.15) is 0 Å². The molecule has 1 fully saturated rings. The average molecular weight is 286 g/mol. The van der Waals surface area contributed by atoms with Crippen molar-refractivity contribution in [3.05, 3.63) is 39.7 Å². The first kappa shape index (κ1) is 13.8. The number of rotatable bonds is 3. The Morgan fingerprint density at radius 1 is 1.25 bits per heavy atom. The highest BCUT2D eigenvalue weighted by molar-refractivity contribution is 7.12. The number of nitrogens with one attached hydrogen (secondary N) is 1. The predicted octanol–water partition coefficient (Wildman–Crippen LogP) is 4.50. The number of aryl methyl sites for hydroxylation is 2. The third-order valence-electron chi connectivity index (χ3n) is 4.06. The van der Waals surface area contributed by atoms with E-state index in [0.717, 1.165) is 13.0 Å². The first-order valence-corrected chi connectivity index (χ1v) is 8.39. The van der Waals surface area contributed by atoms with Gasteiger partial charge in [-0.1, -0.05) is 37.6 Å². The van der Waals surface area contributed by atoms with E-state index < -0.39 is 0 Å². The number of thiazole rings is 1. The number of nitrogens with zero attached hydrogens (tertiary/aromatic N) is 1. The summed E-state index contributed by atoms with van der Waals surface area (Å²) in [6, 6.07) is 9.31. The Morgan fingerprint density at radius 2 is 2.05 bits per heavy atom. The van der Waals surface area contributed by atoms with E-state index in [-0.39, 0.29) is 0 Å². The van der Waals surface area contributed by atoms with Gasteiger partial charge in [-0.05, 0) is 38.3 Å². The lowest BCUT2D eigenvalue weighted by Crippen LogP contribution is -2.26. The lowest BCUT2D eigenvalue weighted by Gasteiger charge is -2.21. The normalized spacial score (nSPS) is 19.2. The fraction of sp³-hybridized carbons (Fsp3) is 0.471. The monoisotopic (exact) mass is 286 g/mol. The van der Waals surface area contributed by atoms with E-state index in [1.807, 2.05) is 11.3 Å². The minimum Gasteiger partial charge on any atom is -0.308 e. The molecule has 0 spiro atoms. The topological polar surface area (TPSA) is 24.9 Å². The summed E-state index contributed by atoms with van der Waals surface area (Å²) in [5, 5.41) is 4.85. The molecule has 0 saturated carbocycles. The first-order chi connectivity index (χ1) is 9.78. The zero-order valence-electron chi connectivity index (χ0n) is 12.3. The second-order valence-electron chi connectivity index (χ2n) is 5.51. The summed E-state index contributed by atoms with van der Waals surface area (Å²) >= 11 is 1.85. The molecule has 0 bridgehead atoms. The molecule has 3 heteroatoms. The molecule has 106 valence electrons. The molecule has 1 aromatic heterocycles. The van der Waals surface area contributed by atoms with Crippen LogP contribution >= 0.6 is 11.3 Å². The van der Waals surface area contributed by atoms with Crippen molar-refractivity contribution in [3.63, 3.8) is 0 Å². The number of aromatic nitrogens is 1. The van der Waals surface area contributed by atoms with Crippen LogP contribution in [0.15, 0.2) is 24.3 Å². The number of piperidine rings is 1. The van der Waals surface area contributed by atoms with Crippen LogP contribution in [0.3, 0.4) is 0 Å². The standard InChI is InChI=1S/C17H22N2S/c1-3-13-7-9-14(10-8-13)16-12(2)20-17(19-16)15-6-4-5-11-18-15/h7-10,15,18H,3-6,11H2,1-2H3. The molecule has 1 atom stereocenters. The molecule has 2 heterocycles. The van der Waals surface area contributed by atoms with Crippen molar-refractivity contribution in [2.75, 3.05) is 6.54 Å². The van der Waals surface area contributed by atoms with Crippen LogP contribution in [0.2, 0.25) is 0 Å². The lowest BCUT2D eigenvalue weighted by molar-refractivity contribution is 0.411. The highest BCUT2D eigenvalue weighted by Crippen LogP contribution is 2.33. The molecular formula is C17H22N2S. The van der Waals surface area contributed by atoms with Gasteiger partial charge in [-0.15, -0.1) is 11.3 Å². The third kappa shape index (κ3) is 2.79.